The second kappa shape index (κ2) is 5.21. The average molecular weight is 352 g/mol. The molecule has 1 N–H and O–H groups in total. The quantitative estimate of drug-likeness (QED) is 0.734. The summed E-state index contributed by atoms with van der Waals surface area (Å²) in [4.78, 5) is 16.6. The van der Waals surface area contributed by atoms with Crippen molar-refractivity contribution in [2.75, 3.05) is 0 Å². The molecule has 3 heterocycles. The molecular formula is C13H14BrN5S. The van der Waals surface area contributed by atoms with Crippen LogP contribution in [-0.2, 0) is 5.75 Å². The molecule has 5 nitrogen and oxygen atoms in total. The molecule has 3 rings (SSSR count). The Morgan fingerprint density at radius 1 is 1.30 bits per heavy atom. The number of rotatable bonds is 3. The maximum absolute atomic E-state index is 4.60. The molecule has 0 atom stereocenters. The van der Waals surface area contributed by atoms with Crippen LogP contribution in [0.25, 0.3) is 5.78 Å². The van der Waals surface area contributed by atoms with E-state index in [1.807, 2.05) is 30.5 Å². The summed E-state index contributed by atoms with van der Waals surface area (Å²) in [5.74, 6) is 1.48. The predicted octanol–water partition coefficient (Wildman–Crippen LogP) is 3.43. The monoisotopic (exact) mass is 351 g/mol. The van der Waals surface area contributed by atoms with Crippen LogP contribution in [0.3, 0.4) is 0 Å². The van der Waals surface area contributed by atoms with Gasteiger partial charge in [-0.3, -0.25) is 4.40 Å². The van der Waals surface area contributed by atoms with Gasteiger partial charge in [-0.25, -0.2) is 15.0 Å². The highest BCUT2D eigenvalue weighted by Gasteiger charge is 2.13. The zero-order chi connectivity index (χ0) is 14.3. The Balaban J connectivity index is 1.92. The fourth-order valence-corrected chi connectivity index (χ4v) is 3.76. The van der Waals surface area contributed by atoms with Gasteiger partial charge < -0.3 is 4.98 Å². The lowest BCUT2D eigenvalue weighted by Crippen LogP contribution is -1.96. The zero-order valence-corrected chi connectivity index (χ0v) is 13.8. The minimum absolute atomic E-state index is 0.737. The first-order valence-electron chi connectivity index (χ1n) is 6.20. The van der Waals surface area contributed by atoms with Crippen molar-refractivity contribution in [3.8, 4) is 0 Å². The maximum atomic E-state index is 4.60. The summed E-state index contributed by atoms with van der Waals surface area (Å²) < 4.78 is 2.99. The summed E-state index contributed by atoms with van der Waals surface area (Å²) in [6.45, 7) is 6.03. The highest BCUT2D eigenvalue weighted by atomic mass is 79.9. The molecule has 20 heavy (non-hydrogen) atoms. The van der Waals surface area contributed by atoms with Gasteiger partial charge in [-0.05, 0) is 42.8 Å². The molecule has 0 unspecified atom stereocenters. The molecule has 3 aromatic rings. The van der Waals surface area contributed by atoms with Gasteiger partial charge in [0.15, 0.2) is 5.16 Å². The number of thioether (sulfide) groups is 1. The van der Waals surface area contributed by atoms with Crippen LogP contribution in [0.15, 0.2) is 22.0 Å². The van der Waals surface area contributed by atoms with Gasteiger partial charge >= 0.3 is 0 Å². The molecule has 0 saturated heterocycles. The molecule has 0 bridgehead atoms. The SMILES string of the molecule is Cc1cc(C)n2c(Br)c(CSc3ncc(C)[nH]3)nc2n1. The van der Waals surface area contributed by atoms with Gasteiger partial charge in [-0.2, -0.15) is 0 Å². The number of fused-ring (bicyclic) bond motifs is 1. The summed E-state index contributed by atoms with van der Waals surface area (Å²) >= 11 is 5.26. The van der Waals surface area contributed by atoms with Gasteiger partial charge in [0.05, 0.1) is 5.69 Å². The van der Waals surface area contributed by atoms with E-state index < -0.39 is 0 Å². The maximum Gasteiger partial charge on any atom is 0.235 e. The van der Waals surface area contributed by atoms with Crippen LogP contribution >= 0.6 is 27.7 Å². The summed E-state index contributed by atoms with van der Waals surface area (Å²) in [5, 5.41) is 0.910. The molecule has 0 aliphatic rings. The normalized spacial score (nSPS) is 11.4. The van der Waals surface area contributed by atoms with E-state index >= 15 is 0 Å². The van der Waals surface area contributed by atoms with E-state index in [-0.39, 0.29) is 0 Å². The Hall–Kier alpha value is -1.34. The lowest BCUT2D eigenvalue weighted by Gasteiger charge is -2.01. The van der Waals surface area contributed by atoms with Crippen molar-refractivity contribution in [2.24, 2.45) is 0 Å². The number of aromatic nitrogens is 5. The van der Waals surface area contributed by atoms with Crippen molar-refractivity contribution < 1.29 is 0 Å². The van der Waals surface area contributed by atoms with Crippen LogP contribution in [0, 0.1) is 20.8 Å². The molecule has 0 aliphatic heterocycles. The second-order valence-corrected chi connectivity index (χ2v) is 6.40. The van der Waals surface area contributed by atoms with Gasteiger partial charge in [0.25, 0.3) is 0 Å². The zero-order valence-electron chi connectivity index (χ0n) is 11.4. The summed E-state index contributed by atoms with van der Waals surface area (Å²) in [5.41, 5.74) is 4.14. The molecule has 0 radical (unpaired) electrons. The minimum atomic E-state index is 0.737. The van der Waals surface area contributed by atoms with Crippen LogP contribution < -0.4 is 0 Å². The Morgan fingerprint density at radius 3 is 2.80 bits per heavy atom. The molecule has 0 saturated carbocycles. The number of nitrogens with one attached hydrogen (secondary N) is 1. The van der Waals surface area contributed by atoms with E-state index in [1.54, 1.807) is 11.8 Å². The number of hydrogen-bond acceptors (Lipinski definition) is 4. The van der Waals surface area contributed by atoms with Crippen molar-refractivity contribution in [3.63, 3.8) is 0 Å². The molecule has 0 spiro atoms. The molecule has 0 amide bonds. The fourth-order valence-electron chi connectivity index (χ4n) is 2.07. The molecule has 0 aromatic carbocycles. The van der Waals surface area contributed by atoms with E-state index in [4.69, 9.17) is 0 Å². The van der Waals surface area contributed by atoms with Crippen molar-refractivity contribution in [1.82, 2.24) is 24.3 Å². The van der Waals surface area contributed by atoms with Crippen LogP contribution in [0.2, 0.25) is 0 Å². The Bertz CT molecular complexity index is 777. The third-order valence-electron chi connectivity index (χ3n) is 2.94. The smallest absolute Gasteiger partial charge is 0.235 e. The van der Waals surface area contributed by atoms with Gasteiger partial charge in [0.2, 0.25) is 5.78 Å². The standard InChI is InChI=1S/C13H14BrN5S/c1-7-4-9(3)19-11(14)10(18-12(19)16-7)6-20-13-15-5-8(2)17-13/h4-5H,6H2,1-3H3,(H,15,17). The van der Waals surface area contributed by atoms with Crippen molar-refractivity contribution in [1.29, 1.82) is 0 Å². The molecule has 0 aliphatic carbocycles. The van der Waals surface area contributed by atoms with Crippen LogP contribution in [-0.4, -0.2) is 24.3 Å². The third kappa shape index (κ3) is 2.47. The third-order valence-corrected chi connectivity index (χ3v) is 4.65. The summed E-state index contributed by atoms with van der Waals surface area (Å²) in [6, 6.07) is 2.05. The highest BCUT2D eigenvalue weighted by molar-refractivity contribution is 9.10. The van der Waals surface area contributed by atoms with Crippen molar-refractivity contribution in [3.05, 3.63) is 39.6 Å². The predicted molar refractivity (Wildman–Crippen MR) is 83.0 cm³/mol. The van der Waals surface area contributed by atoms with E-state index in [1.165, 1.54) is 0 Å². The first-order chi connectivity index (χ1) is 9.54. The van der Waals surface area contributed by atoms with E-state index in [0.29, 0.717) is 0 Å². The van der Waals surface area contributed by atoms with E-state index in [2.05, 4.69) is 42.8 Å². The van der Waals surface area contributed by atoms with Crippen molar-refractivity contribution in [2.45, 2.75) is 31.7 Å². The number of H-pyrrole nitrogens is 1. The Morgan fingerprint density at radius 2 is 2.10 bits per heavy atom. The lowest BCUT2D eigenvalue weighted by atomic mass is 10.3. The fraction of sp³-hybridized carbons (Fsp3) is 0.308. The number of halogens is 1. The van der Waals surface area contributed by atoms with E-state index in [9.17, 15) is 0 Å². The second-order valence-electron chi connectivity index (χ2n) is 4.68. The first kappa shape index (κ1) is 13.6. The van der Waals surface area contributed by atoms with Crippen LogP contribution in [0.1, 0.15) is 22.8 Å². The van der Waals surface area contributed by atoms with E-state index in [0.717, 1.165) is 44.1 Å². The summed E-state index contributed by atoms with van der Waals surface area (Å²) in [7, 11) is 0. The number of imidazole rings is 2. The van der Waals surface area contributed by atoms with Crippen LogP contribution in [0.5, 0.6) is 0 Å². The van der Waals surface area contributed by atoms with Gasteiger partial charge in [0, 0.05) is 29.0 Å². The number of aryl methyl sites for hydroxylation is 3. The minimum Gasteiger partial charge on any atom is -0.337 e. The van der Waals surface area contributed by atoms with Crippen LogP contribution in [0.4, 0.5) is 0 Å². The van der Waals surface area contributed by atoms with Gasteiger partial charge in [-0.1, -0.05) is 11.8 Å². The topological polar surface area (TPSA) is 58.9 Å². The van der Waals surface area contributed by atoms with Crippen molar-refractivity contribution >= 4 is 33.5 Å². The average Bonchev–Trinajstić information content (AvgIpc) is 2.91. The van der Waals surface area contributed by atoms with Gasteiger partial charge in [0.1, 0.15) is 4.60 Å². The highest BCUT2D eigenvalue weighted by Crippen LogP contribution is 2.26. The largest absolute Gasteiger partial charge is 0.337 e. The molecular weight excluding hydrogens is 338 g/mol. The van der Waals surface area contributed by atoms with Gasteiger partial charge in [-0.15, -0.1) is 0 Å². The lowest BCUT2D eigenvalue weighted by molar-refractivity contribution is 0.996. The number of hydrogen-bond donors (Lipinski definition) is 1. The molecule has 7 heteroatoms. The molecule has 3 aromatic heterocycles. The molecule has 0 fully saturated rings. The number of aromatic amines is 1. The first-order valence-corrected chi connectivity index (χ1v) is 7.98. The Kier molecular flexibility index (Phi) is 3.55. The molecule has 104 valence electrons. The Labute approximate surface area is 129 Å². The summed E-state index contributed by atoms with van der Waals surface area (Å²) in [6.07, 6.45) is 1.83. The number of nitrogens with zero attached hydrogens (tertiary/aromatic N) is 4.